The number of hydrogen-bond acceptors (Lipinski definition) is 3. The van der Waals surface area contributed by atoms with Crippen LogP contribution in [0.5, 0.6) is 0 Å². The van der Waals surface area contributed by atoms with E-state index in [4.69, 9.17) is 27.9 Å². The van der Waals surface area contributed by atoms with E-state index in [0.29, 0.717) is 16.0 Å². The van der Waals surface area contributed by atoms with Crippen molar-refractivity contribution in [2.75, 3.05) is 20.2 Å². The van der Waals surface area contributed by atoms with Gasteiger partial charge in [0.1, 0.15) is 10.4 Å². The number of rotatable bonds is 4. The Morgan fingerprint density at radius 3 is 2.83 bits per heavy atom. The Kier molecular flexibility index (Phi) is 5.50. The number of thiophene rings is 1. The molecule has 0 bridgehead atoms. The van der Waals surface area contributed by atoms with Gasteiger partial charge in [-0.3, -0.25) is 0 Å². The normalized spacial score (nSPS) is 17.3. The summed E-state index contributed by atoms with van der Waals surface area (Å²) >= 11 is 13.9. The number of fused-ring (bicyclic) bond motifs is 1. The van der Waals surface area contributed by atoms with Gasteiger partial charge in [-0.1, -0.05) is 29.3 Å². The summed E-state index contributed by atoms with van der Waals surface area (Å²) in [5, 5.41) is 2.59. The van der Waals surface area contributed by atoms with Gasteiger partial charge in [-0.05, 0) is 48.4 Å². The fourth-order valence-electron chi connectivity index (χ4n) is 2.75. The lowest BCUT2D eigenvalue weighted by molar-refractivity contribution is 0.0702. The van der Waals surface area contributed by atoms with Crippen LogP contribution in [0.4, 0.5) is 5.69 Å². The molecule has 128 valence electrons. The summed E-state index contributed by atoms with van der Waals surface area (Å²) in [6, 6.07) is 4.34. The van der Waals surface area contributed by atoms with Gasteiger partial charge in [0.2, 0.25) is 0 Å². The maximum atomic E-state index is 6.35. The van der Waals surface area contributed by atoms with E-state index in [-0.39, 0.29) is 6.10 Å². The van der Waals surface area contributed by atoms with Crippen molar-refractivity contribution in [3.05, 3.63) is 49.1 Å². The third-order valence-corrected chi connectivity index (χ3v) is 6.14. The highest BCUT2D eigenvalue weighted by molar-refractivity contribution is 7.15. The molecule has 1 atom stereocenters. The average Bonchev–Trinajstić information content (AvgIpc) is 2.91. The van der Waals surface area contributed by atoms with E-state index in [1.807, 2.05) is 18.8 Å². The molecule has 1 aliphatic heterocycles. The number of aliphatic imine (C=N–C) groups is 1. The molecule has 24 heavy (non-hydrogen) atoms. The van der Waals surface area contributed by atoms with Gasteiger partial charge < -0.3 is 9.64 Å². The van der Waals surface area contributed by atoms with Gasteiger partial charge in [0, 0.05) is 19.2 Å². The van der Waals surface area contributed by atoms with E-state index >= 15 is 0 Å². The van der Waals surface area contributed by atoms with Crippen molar-refractivity contribution in [1.29, 1.82) is 0 Å². The molecule has 0 N–H and O–H groups in total. The van der Waals surface area contributed by atoms with Crippen molar-refractivity contribution in [3.63, 3.8) is 0 Å². The maximum Gasteiger partial charge on any atom is 0.112 e. The molecule has 1 aromatic carbocycles. The second kappa shape index (κ2) is 7.44. The Labute approximate surface area is 156 Å². The molecule has 6 heteroatoms. The summed E-state index contributed by atoms with van der Waals surface area (Å²) in [4.78, 5) is 6.67. The molecule has 3 rings (SSSR count). The zero-order chi connectivity index (χ0) is 17.3. The van der Waals surface area contributed by atoms with Gasteiger partial charge in [0.05, 0.1) is 23.7 Å². The van der Waals surface area contributed by atoms with Crippen LogP contribution in [0.25, 0.3) is 0 Å². The van der Waals surface area contributed by atoms with Crippen LogP contribution >= 0.6 is 34.5 Å². The number of halogens is 2. The van der Waals surface area contributed by atoms with Crippen molar-refractivity contribution in [2.24, 2.45) is 4.99 Å². The summed E-state index contributed by atoms with van der Waals surface area (Å²) in [6.07, 6.45) is 2.61. The lowest BCUT2D eigenvalue weighted by Crippen LogP contribution is -2.17. The van der Waals surface area contributed by atoms with Crippen LogP contribution in [0.15, 0.2) is 22.5 Å². The summed E-state index contributed by atoms with van der Waals surface area (Å²) < 4.78 is 6.63. The highest BCUT2D eigenvalue weighted by Crippen LogP contribution is 2.43. The minimum Gasteiger partial charge on any atom is -0.368 e. The van der Waals surface area contributed by atoms with Gasteiger partial charge in [-0.25, -0.2) is 4.99 Å². The predicted octanol–water partition coefficient (Wildman–Crippen LogP) is 5.64. The Bertz CT molecular complexity index is 773. The Morgan fingerprint density at radius 1 is 1.38 bits per heavy atom. The van der Waals surface area contributed by atoms with Gasteiger partial charge in [-0.2, -0.15) is 0 Å². The topological polar surface area (TPSA) is 24.8 Å². The first-order valence-electron chi connectivity index (χ1n) is 7.93. The Balaban J connectivity index is 1.99. The first-order valence-corrected chi connectivity index (χ1v) is 9.56. The molecule has 1 unspecified atom stereocenters. The smallest absolute Gasteiger partial charge is 0.112 e. The van der Waals surface area contributed by atoms with Gasteiger partial charge >= 0.3 is 0 Å². The van der Waals surface area contributed by atoms with E-state index in [2.05, 4.69) is 35.9 Å². The van der Waals surface area contributed by atoms with Crippen molar-refractivity contribution in [1.82, 2.24) is 4.90 Å². The lowest BCUT2D eigenvalue weighted by Gasteiger charge is -2.27. The van der Waals surface area contributed by atoms with Crippen LogP contribution in [-0.2, 0) is 11.2 Å². The molecule has 0 fully saturated rings. The van der Waals surface area contributed by atoms with Crippen molar-refractivity contribution < 1.29 is 4.74 Å². The average molecular weight is 383 g/mol. The van der Waals surface area contributed by atoms with Crippen LogP contribution in [0.1, 0.15) is 35.3 Å². The Hall–Kier alpha value is -1.07. The highest BCUT2D eigenvalue weighted by Gasteiger charge is 2.27. The standard InChI is InChI=1S/C18H20Cl2N2OS/c1-4-22(3)10-21-15-8-12-5-6-23-17(13(12)7-11(15)2)14-9-24-18(20)16(14)19/h7-10,17H,4-6H2,1-3H3. The number of aryl methyl sites for hydroxylation is 1. The molecular formula is C18H20Cl2N2OS. The Morgan fingerprint density at radius 2 is 2.17 bits per heavy atom. The summed E-state index contributed by atoms with van der Waals surface area (Å²) in [5.41, 5.74) is 5.51. The zero-order valence-electron chi connectivity index (χ0n) is 14.0. The third-order valence-electron chi connectivity index (χ3n) is 4.29. The monoisotopic (exact) mass is 382 g/mol. The van der Waals surface area contributed by atoms with E-state index in [9.17, 15) is 0 Å². The molecule has 3 nitrogen and oxygen atoms in total. The second-order valence-corrected chi connectivity index (χ2v) is 7.79. The van der Waals surface area contributed by atoms with Gasteiger partial charge in [0.15, 0.2) is 0 Å². The molecule has 2 aromatic rings. The molecule has 0 amide bonds. The fourth-order valence-corrected chi connectivity index (χ4v) is 4.03. The maximum absolute atomic E-state index is 6.35. The van der Waals surface area contributed by atoms with Crippen LogP contribution in [0.3, 0.4) is 0 Å². The van der Waals surface area contributed by atoms with Crippen LogP contribution in [0, 0.1) is 6.92 Å². The summed E-state index contributed by atoms with van der Waals surface area (Å²) in [6.45, 7) is 5.78. The van der Waals surface area contributed by atoms with E-state index in [1.165, 1.54) is 16.9 Å². The first kappa shape index (κ1) is 17.7. The molecular weight excluding hydrogens is 363 g/mol. The highest BCUT2D eigenvalue weighted by atomic mass is 35.5. The van der Waals surface area contributed by atoms with Gasteiger partial charge in [-0.15, -0.1) is 11.3 Å². The largest absolute Gasteiger partial charge is 0.368 e. The molecule has 0 spiro atoms. The second-order valence-electron chi connectivity index (χ2n) is 5.93. The lowest BCUT2D eigenvalue weighted by atomic mass is 9.92. The van der Waals surface area contributed by atoms with Crippen LogP contribution in [-0.4, -0.2) is 31.4 Å². The molecule has 2 heterocycles. The number of benzene rings is 1. The van der Waals surface area contributed by atoms with E-state index in [1.54, 1.807) is 0 Å². The zero-order valence-corrected chi connectivity index (χ0v) is 16.3. The predicted molar refractivity (Wildman–Crippen MR) is 103 cm³/mol. The fraction of sp³-hybridized carbons (Fsp3) is 0.389. The molecule has 0 radical (unpaired) electrons. The molecule has 0 saturated carbocycles. The number of ether oxygens (including phenoxy) is 1. The first-order chi connectivity index (χ1) is 11.5. The molecule has 0 saturated heterocycles. The van der Waals surface area contributed by atoms with Crippen LogP contribution in [0.2, 0.25) is 9.36 Å². The van der Waals surface area contributed by atoms with Crippen LogP contribution < -0.4 is 0 Å². The van der Waals surface area contributed by atoms with Crippen molar-refractivity contribution >= 4 is 46.6 Å². The summed E-state index contributed by atoms with van der Waals surface area (Å²) in [7, 11) is 2.02. The SMILES string of the molecule is CCN(C)C=Nc1cc2c(cc1C)C(c1csc(Cl)c1Cl)OCC2. The molecule has 1 aliphatic rings. The van der Waals surface area contributed by atoms with E-state index in [0.717, 1.165) is 35.3 Å². The molecule has 0 aliphatic carbocycles. The van der Waals surface area contributed by atoms with E-state index < -0.39 is 0 Å². The minimum absolute atomic E-state index is 0.153. The van der Waals surface area contributed by atoms with Gasteiger partial charge in [0.25, 0.3) is 0 Å². The number of hydrogen-bond donors (Lipinski definition) is 0. The third kappa shape index (κ3) is 3.47. The minimum atomic E-state index is -0.153. The summed E-state index contributed by atoms with van der Waals surface area (Å²) in [5.74, 6) is 0. The quantitative estimate of drug-likeness (QED) is 0.504. The van der Waals surface area contributed by atoms with Crippen molar-refractivity contribution in [3.8, 4) is 0 Å². The number of nitrogens with zero attached hydrogens (tertiary/aromatic N) is 2. The van der Waals surface area contributed by atoms with Crippen molar-refractivity contribution in [2.45, 2.75) is 26.4 Å². The molecule has 1 aromatic heterocycles.